The maximum absolute atomic E-state index is 4.86. The van der Waals surface area contributed by atoms with Gasteiger partial charge < -0.3 is 0 Å². The highest BCUT2D eigenvalue weighted by atomic mass is 32.1. The van der Waals surface area contributed by atoms with E-state index < -0.39 is 0 Å². The Bertz CT molecular complexity index is 371. The number of hydrogen-bond acceptors (Lipinski definition) is 3. The second-order valence-corrected chi connectivity index (χ2v) is 3.67. The fourth-order valence-corrected chi connectivity index (χ4v) is 1.11. The minimum Gasteiger partial charge on any atom is -0.272 e. The first-order valence-electron chi connectivity index (χ1n) is 4.33. The largest absolute Gasteiger partial charge is 0.272 e. The molecular formula is C10H13N3S. The first kappa shape index (κ1) is 10.8. The summed E-state index contributed by atoms with van der Waals surface area (Å²) < 4.78 is 0. The molecule has 0 fully saturated rings. The molecule has 1 rings (SSSR count). The van der Waals surface area contributed by atoms with Gasteiger partial charge in [-0.3, -0.25) is 10.4 Å². The lowest BCUT2D eigenvalue weighted by atomic mass is 10.1. The lowest BCUT2D eigenvalue weighted by Gasteiger charge is -2.04. The third-order valence-corrected chi connectivity index (χ3v) is 1.90. The monoisotopic (exact) mass is 207 g/mol. The second-order valence-electron chi connectivity index (χ2n) is 3.06. The maximum Gasteiger partial charge on any atom is 0.0930 e. The minimum absolute atomic E-state index is 0.658. The van der Waals surface area contributed by atoms with Crippen LogP contribution in [-0.2, 0) is 0 Å². The van der Waals surface area contributed by atoms with Crippen LogP contribution in [0.5, 0.6) is 0 Å². The first-order chi connectivity index (χ1) is 6.61. The molecule has 0 amide bonds. The van der Waals surface area contributed by atoms with Crippen LogP contribution >= 0.6 is 12.2 Å². The summed E-state index contributed by atoms with van der Waals surface area (Å²) in [4.78, 5) is 4.71. The molecule has 0 unspecified atom stereocenters. The predicted octanol–water partition coefficient (Wildman–Crippen LogP) is 2.05. The van der Waals surface area contributed by atoms with E-state index >= 15 is 0 Å². The highest BCUT2D eigenvalue weighted by Gasteiger charge is 2.00. The van der Waals surface area contributed by atoms with Crippen molar-refractivity contribution in [2.24, 2.45) is 5.10 Å². The molecule has 14 heavy (non-hydrogen) atoms. The Morgan fingerprint density at radius 1 is 1.50 bits per heavy atom. The zero-order chi connectivity index (χ0) is 10.6. The van der Waals surface area contributed by atoms with Gasteiger partial charge in [0.15, 0.2) is 0 Å². The Balaban J connectivity index is 2.89. The van der Waals surface area contributed by atoms with Crippen LogP contribution in [0.1, 0.15) is 25.0 Å². The van der Waals surface area contributed by atoms with Crippen molar-refractivity contribution in [2.75, 3.05) is 0 Å². The molecule has 1 aromatic heterocycles. The lowest BCUT2D eigenvalue weighted by molar-refractivity contribution is 1.03. The molecular weight excluding hydrogens is 194 g/mol. The maximum atomic E-state index is 4.86. The molecule has 0 spiro atoms. The number of hydrogen-bond donors (Lipinski definition) is 1. The van der Waals surface area contributed by atoms with Gasteiger partial charge >= 0.3 is 0 Å². The topological polar surface area (TPSA) is 37.3 Å². The van der Waals surface area contributed by atoms with Gasteiger partial charge in [-0.1, -0.05) is 12.2 Å². The SMILES string of the molecule is CC(=S)N/N=C(\C)c1cnccc1C. The molecule has 0 aliphatic heterocycles. The van der Waals surface area contributed by atoms with Crippen LogP contribution in [-0.4, -0.2) is 15.7 Å². The van der Waals surface area contributed by atoms with Gasteiger partial charge in [-0.15, -0.1) is 0 Å². The summed E-state index contributed by atoms with van der Waals surface area (Å²) in [6.07, 6.45) is 3.57. The lowest BCUT2D eigenvalue weighted by Crippen LogP contribution is -2.13. The molecule has 74 valence electrons. The van der Waals surface area contributed by atoms with Gasteiger partial charge in [-0.05, 0) is 32.4 Å². The van der Waals surface area contributed by atoms with E-state index in [1.807, 2.05) is 19.9 Å². The Morgan fingerprint density at radius 3 is 2.79 bits per heavy atom. The normalized spacial score (nSPS) is 11.2. The number of rotatable bonds is 2. The molecule has 4 heteroatoms. The molecule has 3 nitrogen and oxygen atoms in total. The number of aryl methyl sites for hydroxylation is 1. The number of nitrogens with one attached hydrogen (secondary N) is 1. The second kappa shape index (κ2) is 4.81. The summed E-state index contributed by atoms with van der Waals surface area (Å²) in [6.45, 7) is 5.75. The molecule has 1 heterocycles. The van der Waals surface area contributed by atoms with E-state index in [4.69, 9.17) is 12.2 Å². The number of aromatic nitrogens is 1. The van der Waals surface area contributed by atoms with E-state index in [1.54, 1.807) is 19.3 Å². The van der Waals surface area contributed by atoms with Crippen LogP contribution in [0.25, 0.3) is 0 Å². The van der Waals surface area contributed by atoms with E-state index in [1.165, 1.54) is 0 Å². The minimum atomic E-state index is 0.658. The molecule has 0 bridgehead atoms. The van der Waals surface area contributed by atoms with Gasteiger partial charge in [0, 0.05) is 18.0 Å². The molecule has 0 aromatic carbocycles. The van der Waals surface area contributed by atoms with Gasteiger partial charge in [0.05, 0.1) is 10.7 Å². The average Bonchev–Trinajstić information content (AvgIpc) is 2.15. The van der Waals surface area contributed by atoms with E-state index in [9.17, 15) is 0 Å². The van der Waals surface area contributed by atoms with Gasteiger partial charge in [-0.25, -0.2) is 0 Å². The van der Waals surface area contributed by atoms with Gasteiger partial charge in [-0.2, -0.15) is 5.10 Å². The van der Waals surface area contributed by atoms with Crippen LogP contribution in [0.3, 0.4) is 0 Å². The third-order valence-electron chi connectivity index (χ3n) is 1.81. The van der Waals surface area contributed by atoms with Crippen LogP contribution in [0.4, 0.5) is 0 Å². The Kier molecular flexibility index (Phi) is 3.71. The molecule has 0 atom stereocenters. The number of thiocarbonyl (C=S) groups is 1. The standard InChI is InChI=1S/C10H13N3S/c1-7-4-5-11-6-10(7)8(2)12-13-9(3)14/h4-6H,1-3H3,(H,13,14)/b12-8+. The van der Waals surface area contributed by atoms with E-state index in [0.717, 1.165) is 16.8 Å². The van der Waals surface area contributed by atoms with Crippen molar-refractivity contribution in [1.29, 1.82) is 0 Å². The van der Waals surface area contributed by atoms with Crippen molar-refractivity contribution in [1.82, 2.24) is 10.4 Å². The Labute approximate surface area is 89.2 Å². The highest BCUT2D eigenvalue weighted by Crippen LogP contribution is 2.05. The van der Waals surface area contributed by atoms with E-state index in [0.29, 0.717) is 4.99 Å². The summed E-state index contributed by atoms with van der Waals surface area (Å²) in [5.74, 6) is 0. The molecule has 0 aliphatic rings. The number of pyridine rings is 1. The summed E-state index contributed by atoms with van der Waals surface area (Å²) >= 11 is 4.86. The predicted molar refractivity (Wildman–Crippen MR) is 62.6 cm³/mol. The summed E-state index contributed by atoms with van der Waals surface area (Å²) in [5, 5.41) is 4.14. The van der Waals surface area contributed by atoms with Crippen molar-refractivity contribution < 1.29 is 0 Å². The molecule has 1 N–H and O–H groups in total. The van der Waals surface area contributed by atoms with Crippen molar-refractivity contribution in [3.63, 3.8) is 0 Å². The van der Waals surface area contributed by atoms with Crippen molar-refractivity contribution in [3.05, 3.63) is 29.6 Å². The first-order valence-corrected chi connectivity index (χ1v) is 4.74. The molecule has 0 saturated heterocycles. The highest BCUT2D eigenvalue weighted by molar-refractivity contribution is 7.80. The fraction of sp³-hybridized carbons (Fsp3) is 0.300. The van der Waals surface area contributed by atoms with Crippen LogP contribution in [0.2, 0.25) is 0 Å². The zero-order valence-electron chi connectivity index (χ0n) is 8.53. The summed E-state index contributed by atoms with van der Waals surface area (Å²) in [5.41, 5.74) is 5.85. The van der Waals surface area contributed by atoms with Crippen LogP contribution < -0.4 is 5.43 Å². The quantitative estimate of drug-likeness (QED) is 0.458. The Hall–Kier alpha value is -1.29. The van der Waals surface area contributed by atoms with Crippen molar-refractivity contribution in [2.45, 2.75) is 20.8 Å². The third kappa shape index (κ3) is 2.88. The molecule has 1 aromatic rings. The van der Waals surface area contributed by atoms with Crippen LogP contribution in [0.15, 0.2) is 23.6 Å². The molecule has 0 saturated carbocycles. The van der Waals surface area contributed by atoms with E-state index in [-0.39, 0.29) is 0 Å². The zero-order valence-corrected chi connectivity index (χ0v) is 9.35. The fourth-order valence-electron chi connectivity index (χ4n) is 1.07. The number of hydrazone groups is 1. The van der Waals surface area contributed by atoms with E-state index in [2.05, 4.69) is 15.5 Å². The van der Waals surface area contributed by atoms with Gasteiger partial charge in [0.2, 0.25) is 0 Å². The van der Waals surface area contributed by atoms with Crippen molar-refractivity contribution in [3.8, 4) is 0 Å². The summed E-state index contributed by atoms with van der Waals surface area (Å²) in [6, 6.07) is 1.96. The van der Waals surface area contributed by atoms with Gasteiger partial charge in [0.1, 0.15) is 0 Å². The molecule has 0 radical (unpaired) electrons. The number of nitrogens with zero attached hydrogens (tertiary/aromatic N) is 2. The van der Waals surface area contributed by atoms with Crippen molar-refractivity contribution >= 4 is 22.9 Å². The Morgan fingerprint density at radius 2 is 2.21 bits per heavy atom. The summed E-state index contributed by atoms with van der Waals surface area (Å²) in [7, 11) is 0. The smallest absolute Gasteiger partial charge is 0.0930 e. The van der Waals surface area contributed by atoms with Crippen LogP contribution in [0, 0.1) is 6.92 Å². The van der Waals surface area contributed by atoms with Gasteiger partial charge in [0.25, 0.3) is 0 Å². The average molecular weight is 207 g/mol. The molecule has 0 aliphatic carbocycles.